The summed E-state index contributed by atoms with van der Waals surface area (Å²) in [5, 5.41) is 21.1. The zero-order valence-corrected chi connectivity index (χ0v) is 26.7. The predicted octanol–water partition coefficient (Wildman–Crippen LogP) is 3.16. The molecule has 2 aromatic heterocycles. The summed E-state index contributed by atoms with van der Waals surface area (Å²) in [6, 6.07) is 13.1. The van der Waals surface area contributed by atoms with E-state index in [1.54, 1.807) is 19.2 Å². The van der Waals surface area contributed by atoms with Crippen LogP contribution in [0.4, 0.5) is 5.69 Å². The highest BCUT2D eigenvalue weighted by Gasteiger charge is 2.33. The standard InChI is InChI=1S/C33H35ClN6O6/c1-17-19(7-6-10-22(17)36-30(42)29-32(43)39(2)33(44)40(3)38-29)20-8-5-9-21(28(20)34)25-15-18-11-12-24(27(18)31(37-25)45-4)35-23-13-14-46-16-26(23)41/h5-10,15,23-24,26,35,41H,11-14,16H2,1-4H3,(H,36,42). The second kappa shape index (κ2) is 12.8. The first-order chi connectivity index (χ1) is 22.1. The summed E-state index contributed by atoms with van der Waals surface area (Å²) in [5.74, 6) is -0.213. The first-order valence-electron chi connectivity index (χ1n) is 15.0. The van der Waals surface area contributed by atoms with Crippen molar-refractivity contribution in [3.63, 3.8) is 0 Å². The van der Waals surface area contributed by atoms with E-state index < -0.39 is 29.0 Å². The zero-order chi connectivity index (χ0) is 32.7. The van der Waals surface area contributed by atoms with Gasteiger partial charge in [0.1, 0.15) is 0 Å². The lowest BCUT2D eigenvalue weighted by molar-refractivity contribution is -0.0304. The lowest BCUT2D eigenvalue weighted by Gasteiger charge is -2.31. The molecule has 46 heavy (non-hydrogen) atoms. The quantitative estimate of drug-likeness (QED) is 0.275. The second-order valence-electron chi connectivity index (χ2n) is 11.6. The predicted molar refractivity (Wildman–Crippen MR) is 174 cm³/mol. The average molecular weight is 647 g/mol. The smallest absolute Gasteiger partial charge is 0.346 e. The van der Waals surface area contributed by atoms with E-state index in [1.165, 1.54) is 14.1 Å². The van der Waals surface area contributed by atoms with E-state index in [2.05, 4.69) is 21.8 Å². The summed E-state index contributed by atoms with van der Waals surface area (Å²) in [6.07, 6.45) is 1.85. The van der Waals surface area contributed by atoms with Crippen LogP contribution < -0.4 is 26.6 Å². The van der Waals surface area contributed by atoms with Crippen LogP contribution in [0.2, 0.25) is 5.02 Å². The Bertz CT molecular complexity index is 1960. The molecule has 240 valence electrons. The van der Waals surface area contributed by atoms with Crippen LogP contribution in [-0.4, -0.2) is 62.8 Å². The number of halogens is 1. The molecule has 2 aromatic carbocycles. The van der Waals surface area contributed by atoms with Crippen LogP contribution in [0.5, 0.6) is 5.88 Å². The number of nitrogens with zero attached hydrogens (tertiary/aromatic N) is 4. The molecule has 1 aliphatic heterocycles. The molecule has 3 unspecified atom stereocenters. The normalized spacial score (nSPS) is 19.1. The number of rotatable bonds is 7. The number of aliphatic hydroxyl groups is 1. The van der Waals surface area contributed by atoms with Gasteiger partial charge in [-0.3, -0.25) is 14.2 Å². The van der Waals surface area contributed by atoms with Crippen molar-refractivity contribution in [3.05, 3.63) is 90.7 Å². The Morgan fingerprint density at radius 1 is 1.11 bits per heavy atom. The number of nitrogens with one attached hydrogen (secondary N) is 2. The van der Waals surface area contributed by atoms with Gasteiger partial charge in [0.2, 0.25) is 11.6 Å². The van der Waals surface area contributed by atoms with E-state index in [4.69, 9.17) is 26.1 Å². The van der Waals surface area contributed by atoms with E-state index in [0.29, 0.717) is 35.5 Å². The Kier molecular flexibility index (Phi) is 8.80. The van der Waals surface area contributed by atoms with Crippen molar-refractivity contribution in [3.8, 4) is 28.3 Å². The third-order valence-electron chi connectivity index (χ3n) is 8.78. The molecule has 3 N–H and O–H groups in total. The Labute approximate surface area is 270 Å². The van der Waals surface area contributed by atoms with Gasteiger partial charge >= 0.3 is 5.69 Å². The molecule has 12 nitrogen and oxygen atoms in total. The van der Waals surface area contributed by atoms with E-state index >= 15 is 0 Å². The van der Waals surface area contributed by atoms with E-state index in [9.17, 15) is 19.5 Å². The van der Waals surface area contributed by atoms with Crippen molar-refractivity contribution in [1.29, 1.82) is 0 Å². The summed E-state index contributed by atoms with van der Waals surface area (Å²) in [7, 11) is 4.27. The zero-order valence-electron chi connectivity index (χ0n) is 26.0. The topological polar surface area (TPSA) is 150 Å². The van der Waals surface area contributed by atoms with Gasteiger partial charge in [-0.25, -0.2) is 14.5 Å². The number of aryl methyl sites for hydroxylation is 2. The van der Waals surface area contributed by atoms with Gasteiger partial charge in [-0.05, 0) is 55.0 Å². The van der Waals surface area contributed by atoms with Crippen LogP contribution >= 0.6 is 11.6 Å². The van der Waals surface area contributed by atoms with Gasteiger partial charge in [0.15, 0.2) is 0 Å². The summed E-state index contributed by atoms with van der Waals surface area (Å²) in [6.45, 7) is 2.78. The largest absolute Gasteiger partial charge is 0.481 e. The van der Waals surface area contributed by atoms with Crippen LogP contribution in [0, 0.1) is 6.92 Å². The number of benzene rings is 2. The van der Waals surface area contributed by atoms with Crippen LogP contribution in [0.15, 0.2) is 52.1 Å². The second-order valence-corrected chi connectivity index (χ2v) is 12.0. The maximum Gasteiger partial charge on any atom is 0.346 e. The summed E-state index contributed by atoms with van der Waals surface area (Å²) >= 11 is 7.09. The third-order valence-corrected chi connectivity index (χ3v) is 9.19. The number of hydrogen-bond acceptors (Lipinski definition) is 9. The molecule has 1 fully saturated rings. The molecule has 2 aliphatic rings. The Balaban J connectivity index is 1.31. The molecule has 1 saturated heterocycles. The molecule has 0 bridgehead atoms. The molecule has 0 spiro atoms. The molecule has 1 amide bonds. The first-order valence-corrected chi connectivity index (χ1v) is 15.4. The lowest BCUT2D eigenvalue weighted by atomic mass is 9.96. The Hall–Kier alpha value is -4.36. The Morgan fingerprint density at radius 3 is 2.61 bits per heavy atom. The number of aliphatic hydroxyl groups excluding tert-OH is 1. The van der Waals surface area contributed by atoms with Gasteiger partial charge in [-0.1, -0.05) is 41.9 Å². The number of anilines is 1. The molecule has 0 radical (unpaired) electrons. The first kappa shape index (κ1) is 31.6. The van der Waals surface area contributed by atoms with Crippen molar-refractivity contribution in [2.24, 2.45) is 14.1 Å². The monoisotopic (exact) mass is 646 g/mol. The van der Waals surface area contributed by atoms with E-state index in [-0.39, 0.29) is 12.1 Å². The number of methoxy groups -OCH3 is 1. The van der Waals surface area contributed by atoms with Crippen molar-refractivity contribution in [2.75, 3.05) is 25.6 Å². The van der Waals surface area contributed by atoms with Crippen LogP contribution in [-0.2, 0) is 25.3 Å². The number of carbonyl (C=O) groups excluding carboxylic acids is 1. The summed E-state index contributed by atoms with van der Waals surface area (Å²) in [4.78, 5) is 42.6. The molecular weight excluding hydrogens is 612 g/mol. The minimum Gasteiger partial charge on any atom is -0.481 e. The molecule has 0 saturated carbocycles. The SMILES string of the molecule is COc1nc(-c2cccc(-c3cccc(NC(=O)c4nn(C)c(=O)n(C)c4=O)c3C)c2Cl)cc2c1C(NC1CCOCC1O)CC2. The fourth-order valence-corrected chi connectivity index (χ4v) is 6.59. The summed E-state index contributed by atoms with van der Waals surface area (Å²) < 4.78 is 13.0. The molecule has 1 aliphatic carbocycles. The number of pyridine rings is 1. The maximum absolute atomic E-state index is 13.1. The van der Waals surface area contributed by atoms with Gasteiger partial charge < -0.3 is 25.2 Å². The molecular formula is C33H35ClN6O6. The average Bonchev–Trinajstić information content (AvgIpc) is 3.46. The highest BCUT2D eigenvalue weighted by molar-refractivity contribution is 6.36. The van der Waals surface area contributed by atoms with Crippen LogP contribution in [0.3, 0.4) is 0 Å². The van der Waals surface area contributed by atoms with Crippen LogP contribution in [0.25, 0.3) is 22.4 Å². The fourth-order valence-electron chi connectivity index (χ4n) is 6.26. The fraction of sp³-hybridized carbons (Fsp3) is 0.364. The number of carbonyl (C=O) groups is 1. The minimum absolute atomic E-state index is 0.00260. The lowest BCUT2D eigenvalue weighted by Crippen LogP contribution is -2.47. The Morgan fingerprint density at radius 2 is 1.85 bits per heavy atom. The van der Waals surface area contributed by atoms with Gasteiger partial charge in [-0.15, -0.1) is 0 Å². The van der Waals surface area contributed by atoms with E-state index in [0.717, 1.165) is 61.9 Å². The van der Waals surface area contributed by atoms with Gasteiger partial charge in [-0.2, -0.15) is 5.10 Å². The van der Waals surface area contributed by atoms with Gasteiger partial charge in [0, 0.05) is 55.2 Å². The minimum atomic E-state index is -0.786. The number of fused-ring (bicyclic) bond motifs is 1. The van der Waals surface area contributed by atoms with Crippen LogP contribution in [0.1, 0.15) is 46.1 Å². The highest BCUT2D eigenvalue weighted by atomic mass is 35.5. The number of ether oxygens (including phenoxy) is 2. The van der Waals surface area contributed by atoms with Gasteiger partial charge in [0.05, 0.1) is 30.5 Å². The van der Waals surface area contributed by atoms with E-state index in [1.807, 2.05) is 31.2 Å². The van der Waals surface area contributed by atoms with Crippen molar-refractivity contribution in [1.82, 2.24) is 24.6 Å². The molecule has 3 atom stereocenters. The number of aromatic nitrogens is 4. The van der Waals surface area contributed by atoms with Gasteiger partial charge in [0.25, 0.3) is 11.5 Å². The molecule has 4 aromatic rings. The van der Waals surface area contributed by atoms with Crippen molar-refractivity contribution < 1.29 is 19.4 Å². The molecule has 13 heteroatoms. The highest BCUT2D eigenvalue weighted by Crippen LogP contribution is 2.43. The maximum atomic E-state index is 13.1. The number of amides is 1. The third kappa shape index (κ3) is 5.73. The summed E-state index contributed by atoms with van der Waals surface area (Å²) in [5.41, 5.74) is 4.40. The number of hydrogen-bond donors (Lipinski definition) is 3. The van der Waals surface area contributed by atoms with Crippen molar-refractivity contribution in [2.45, 2.75) is 44.4 Å². The molecule has 6 rings (SSSR count). The van der Waals surface area contributed by atoms with Crippen molar-refractivity contribution >= 4 is 23.2 Å². The molecule has 3 heterocycles.